The molecule has 1 N–H and O–H groups in total. The number of hydrogen-bond acceptors (Lipinski definition) is 7. The van der Waals surface area contributed by atoms with Crippen molar-refractivity contribution in [1.29, 1.82) is 0 Å². The summed E-state index contributed by atoms with van der Waals surface area (Å²) in [6.07, 6.45) is -0.637. The van der Waals surface area contributed by atoms with Crippen molar-refractivity contribution in [2.24, 2.45) is 0 Å². The molecule has 0 atom stereocenters. The van der Waals surface area contributed by atoms with Gasteiger partial charge in [-0.05, 0) is 43.3 Å². The fourth-order valence-corrected chi connectivity index (χ4v) is 2.95. The van der Waals surface area contributed by atoms with Crippen LogP contribution in [0.15, 0.2) is 53.4 Å². The van der Waals surface area contributed by atoms with E-state index >= 15 is 0 Å². The summed E-state index contributed by atoms with van der Waals surface area (Å²) in [5.74, 6) is 0.580. The van der Waals surface area contributed by atoms with Gasteiger partial charge in [0.05, 0.1) is 13.2 Å². The smallest absolute Gasteiger partial charge is 0.411 e. The third kappa shape index (κ3) is 6.46. The molecule has 0 saturated heterocycles. The first kappa shape index (κ1) is 20.5. The van der Waals surface area contributed by atoms with Gasteiger partial charge >= 0.3 is 16.2 Å². The first-order valence-corrected chi connectivity index (χ1v) is 9.55. The second kappa shape index (κ2) is 9.79. The van der Waals surface area contributed by atoms with Crippen molar-refractivity contribution < 1.29 is 31.6 Å². The molecular weight excluding hydrogens is 374 g/mol. The SMILES string of the molecule is CCOC(=O)Nc1cccc(OS(=O)(=O)c2ccc(OCCOC)cc2)c1. The van der Waals surface area contributed by atoms with Crippen LogP contribution >= 0.6 is 0 Å². The van der Waals surface area contributed by atoms with E-state index in [-0.39, 0.29) is 17.3 Å². The number of methoxy groups -OCH3 is 1. The first-order valence-electron chi connectivity index (χ1n) is 8.14. The van der Waals surface area contributed by atoms with Crippen LogP contribution in [0.3, 0.4) is 0 Å². The normalized spacial score (nSPS) is 10.9. The highest BCUT2D eigenvalue weighted by Gasteiger charge is 2.17. The second-order valence-electron chi connectivity index (χ2n) is 5.22. The molecule has 2 aromatic rings. The lowest BCUT2D eigenvalue weighted by Crippen LogP contribution is -2.14. The van der Waals surface area contributed by atoms with Crippen LogP contribution in [-0.4, -0.2) is 41.4 Å². The predicted molar refractivity (Wildman–Crippen MR) is 98.7 cm³/mol. The summed E-state index contributed by atoms with van der Waals surface area (Å²) in [5, 5.41) is 2.48. The summed E-state index contributed by atoms with van der Waals surface area (Å²) in [5.41, 5.74) is 0.350. The van der Waals surface area contributed by atoms with Gasteiger partial charge in [0, 0.05) is 18.9 Å². The van der Waals surface area contributed by atoms with Crippen LogP contribution in [-0.2, 0) is 19.6 Å². The van der Waals surface area contributed by atoms with Gasteiger partial charge in [0.25, 0.3) is 0 Å². The molecule has 146 valence electrons. The Hall–Kier alpha value is -2.78. The van der Waals surface area contributed by atoms with Crippen LogP contribution in [0.4, 0.5) is 10.5 Å². The topological polar surface area (TPSA) is 100 Å². The molecular formula is C18H21NO7S. The average molecular weight is 395 g/mol. The van der Waals surface area contributed by atoms with Crippen LogP contribution in [0, 0.1) is 0 Å². The maximum atomic E-state index is 12.4. The van der Waals surface area contributed by atoms with Crippen LogP contribution < -0.4 is 14.2 Å². The van der Waals surface area contributed by atoms with Gasteiger partial charge < -0.3 is 18.4 Å². The number of hydrogen-bond donors (Lipinski definition) is 1. The average Bonchev–Trinajstić information content (AvgIpc) is 2.62. The molecule has 0 fully saturated rings. The molecule has 9 heteroatoms. The lowest BCUT2D eigenvalue weighted by atomic mass is 10.3. The molecule has 0 heterocycles. The van der Waals surface area contributed by atoms with Crippen molar-refractivity contribution in [3.8, 4) is 11.5 Å². The molecule has 0 aliphatic rings. The molecule has 0 aliphatic heterocycles. The van der Waals surface area contributed by atoms with Gasteiger partial charge in [-0.25, -0.2) is 4.79 Å². The summed E-state index contributed by atoms with van der Waals surface area (Å²) in [7, 11) is -2.47. The number of ether oxygens (including phenoxy) is 3. The van der Waals surface area contributed by atoms with E-state index < -0.39 is 16.2 Å². The second-order valence-corrected chi connectivity index (χ2v) is 6.77. The standard InChI is InChI=1S/C18H21NO7S/c1-3-24-18(20)19-14-5-4-6-16(13-14)26-27(21,22)17-9-7-15(8-10-17)25-12-11-23-2/h4-10,13H,3,11-12H2,1-2H3,(H,19,20). The third-order valence-corrected chi connectivity index (χ3v) is 4.49. The molecule has 8 nitrogen and oxygen atoms in total. The Labute approximate surface area is 158 Å². The number of benzene rings is 2. The summed E-state index contributed by atoms with van der Waals surface area (Å²) < 4.78 is 45.0. The van der Waals surface area contributed by atoms with Gasteiger partial charge in [-0.1, -0.05) is 6.07 Å². The van der Waals surface area contributed by atoms with E-state index in [2.05, 4.69) is 5.32 Å². The number of anilines is 1. The zero-order valence-electron chi connectivity index (χ0n) is 15.0. The Kier molecular flexibility index (Phi) is 7.44. The molecule has 0 aromatic heterocycles. The van der Waals surface area contributed by atoms with E-state index in [1.807, 2.05) is 0 Å². The fraction of sp³-hybridized carbons (Fsp3) is 0.278. The van der Waals surface area contributed by atoms with Crippen LogP contribution in [0.2, 0.25) is 0 Å². The van der Waals surface area contributed by atoms with E-state index in [0.717, 1.165) is 0 Å². The highest BCUT2D eigenvalue weighted by atomic mass is 32.2. The maximum Gasteiger partial charge on any atom is 0.411 e. The number of carbonyl (C=O) groups excluding carboxylic acids is 1. The van der Waals surface area contributed by atoms with Gasteiger partial charge in [-0.2, -0.15) is 8.42 Å². The zero-order chi connectivity index (χ0) is 19.7. The minimum absolute atomic E-state index is 0.0228. The third-order valence-electron chi connectivity index (χ3n) is 3.23. The summed E-state index contributed by atoms with van der Waals surface area (Å²) in [4.78, 5) is 11.4. The Morgan fingerprint density at radius 2 is 1.78 bits per heavy atom. The molecule has 0 saturated carbocycles. The lowest BCUT2D eigenvalue weighted by Gasteiger charge is -2.10. The van der Waals surface area contributed by atoms with E-state index in [1.165, 1.54) is 36.4 Å². The van der Waals surface area contributed by atoms with Crippen molar-refractivity contribution in [1.82, 2.24) is 0 Å². The zero-order valence-corrected chi connectivity index (χ0v) is 15.8. The summed E-state index contributed by atoms with van der Waals surface area (Å²) in [6.45, 7) is 2.69. The highest BCUT2D eigenvalue weighted by Crippen LogP contribution is 2.23. The van der Waals surface area contributed by atoms with E-state index in [4.69, 9.17) is 18.4 Å². The minimum atomic E-state index is -4.03. The van der Waals surface area contributed by atoms with E-state index in [0.29, 0.717) is 24.7 Å². The number of amides is 1. The number of carbonyl (C=O) groups is 1. The van der Waals surface area contributed by atoms with Gasteiger partial charge in [0.15, 0.2) is 0 Å². The van der Waals surface area contributed by atoms with Gasteiger partial charge in [-0.3, -0.25) is 5.32 Å². The molecule has 0 radical (unpaired) electrons. The van der Waals surface area contributed by atoms with Crippen molar-refractivity contribution in [2.45, 2.75) is 11.8 Å². The van der Waals surface area contributed by atoms with E-state index in [9.17, 15) is 13.2 Å². The number of nitrogens with one attached hydrogen (secondary N) is 1. The van der Waals surface area contributed by atoms with Crippen molar-refractivity contribution in [3.05, 3.63) is 48.5 Å². The molecule has 0 aliphatic carbocycles. The van der Waals surface area contributed by atoms with Gasteiger partial charge in [0.2, 0.25) is 0 Å². The quantitative estimate of drug-likeness (QED) is 0.514. The monoisotopic (exact) mass is 395 g/mol. The first-order chi connectivity index (χ1) is 12.9. The van der Waals surface area contributed by atoms with Crippen LogP contribution in [0.5, 0.6) is 11.5 Å². The molecule has 2 aromatic carbocycles. The Morgan fingerprint density at radius 3 is 2.44 bits per heavy atom. The van der Waals surface area contributed by atoms with Crippen molar-refractivity contribution in [2.75, 3.05) is 32.2 Å². The Balaban J connectivity index is 2.06. The summed E-state index contributed by atoms with van der Waals surface area (Å²) >= 11 is 0. The molecule has 2 rings (SSSR count). The molecule has 0 unspecified atom stereocenters. The molecule has 0 spiro atoms. The Morgan fingerprint density at radius 1 is 1.04 bits per heavy atom. The minimum Gasteiger partial charge on any atom is -0.491 e. The molecule has 1 amide bonds. The van der Waals surface area contributed by atoms with E-state index in [1.54, 1.807) is 26.2 Å². The maximum absolute atomic E-state index is 12.4. The van der Waals surface area contributed by atoms with Gasteiger partial charge in [-0.15, -0.1) is 0 Å². The molecule has 0 bridgehead atoms. The van der Waals surface area contributed by atoms with Gasteiger partial charge in [0.1, 0.15) is 23.0 Å². The molecule has 27 heavy (non-hydrogen) atoms. The van der Waals surface area contributed by atoms with Crippen LogP contribution in [0.25, 0.3) is 0 Å². The largest absolute Gasteiger partial charge is 0.491 e. The van der Waals surface area contributed by atoms with Crippen molar-refractivity contribution >= 4 is 21.9 Å². The lowest BCUT2D eigenvalue weighted by molar-refractivity contribution is 0.146. The fourth-order valence-electron chi connectivity index (χ4n) is 2.03. The summed E-state index contributed by atoms with van der Waals surface area (Å²) in [6, 6.07) is 11.8. The Bertz CT molecular complexity index is 850. The van der Waals surface area contributed by atoms with Crippen LogP contribution in [0.1, 0.15) is 6.92 Å². The number of rotatable bonds is 9. The predicted octanol–water partition coefficient (Wildman–Crippen LogP) is 3.05. The van der Waals surface area contributed by atoms with Crippen molar-refractivity contribution in [3.63, 3.8) is 0 Å². The highest BCUT2D eigenvalue weighted by molar-refractivity contribution is 7.87.